The van der Waals surface area contributed by atoms with Crippen LogP contribution in [0.2, 0.25) is 0 Å². The zero-order valence-electron chi connectivity index (χ0n) is 23.2. The molecule has 0 bridgehead atoms. The summed E-state index contributed by atoms with van der Waals surface area (Å²) >= 11 is 0. The lowest BCUT2D eigenvalue weighted by atomic mass is 9.88. The van der Waals surface area contributed by atoms with Gasteiger partial charge < -0.3 is 14.4 Å². The van der Waals surface area contributed by atoms with Gasteiger partial charge in [0.2, 0.25) is 0 Å². The molecule has 0 radical (unpaired) electrons. The average molecular weight is 541 g/mol. The Bertz CT molecular complexity index is 1380. The lowest BCUT2D eigenvalue weighted by Crippen LogP contribution is -2.41. The number of nitrogens with zero attached hydrogens (tertiary/aromatic N) is 4. The van der Waals surface area contributed by atoms with Crippen LogP contribution in [-0.2, 0) is 16.9 Å². The van der Waals surface area contributed by atoms with Crippen molar-refractivity contribution in [1.29, 1.82) is 0 Å². The predicted octanol–water partition coefficient (Wildman–Crippen LogP) is 5.47. The summed E-state index contributed by atoms with van der Waals surface area (Å²) in [6.45, 7) is 10.4. The summed E-state index contributed by atoms with van der Waals surface area (Å²) < 4.78 is 40.9. The predicted molar refractivity (Wildman–Crippen MR) is 152 cm³/mol. The standard InChI is InChI=1S/C30H41FN4O2S/c1-21(2)20-34-14-5-6-25(13-15-34)35-16-11-22(12-17-35)24-18-27(31)29-28(19-24)33(3)30(32-29)23-7-9-26(10-8-23)38(4,36)37/h7-10,18-19,21-22,25H,5-6,11-17,20H2,1-4H3. The maximum atomic E-state index is 15.3. The van der Waals surface area contributed by atoms with Crippen LogP contribution < -0.4 is 0 Å². The van der Waals surface area contributed by atoms with Gasteiger partial charge in [-0.3, -0.25) is 0 Å². The Morgan fingerprint density at radius 2 is 1.71 bits per heavy atom. The molecule has 2 aliphatic rings. The Hall–Kier alpha value is -2.29. The fourth-order valence-corrected chi connectivity index (χ4v) is 7.04. The molecule has 3 heterocycles. The molecule has 2 saturated heterocycles. The number of hydrogen-bond acceptors (Lipinski definition) is 5. The fourth-order valence-electron chi connectivity index (χ4n) is 6.41. The van der Waals surface area contributed by atoms with Crippen LogP contribution in [0.4, 0.5) is 4.39 Å². The first-order valence-electron chi connectivity index (χ1n) is 14.0. The van der Waals surface area contributed by atoms with Crippen molar-refractivity contribution in [3.8, 4) is 11.4 Å². The van der Waals surface area contributed by atoms with Crippen molar-refractivity contribution < 1.29 is 12.8 Å². The van der Waals surface area contributed by atoms with Gasteiger partial charge in [-0.15, -0.1) is 0 Å². The summed E-state index contributed by atoms with van der Waals surface area (Å²) in [5, 5.41) is 0. The lowest BCUT2D eigenvalue weighted by Gasteiger charge is -2.37. The quantitative estimate of drug-likeness (QED) is 0.415. The van der Waals surface area contributed by atoms with Gasteiger partial charge >= 0.3 is 0 Å². The molecule has 6 nitrogen and oxygen atoms in total. The Balaban J connectivity index is 1.29. The number of fused-ring (bicyclic) bond motifs is 1. The van der Waals surface area contributed by atoms with Gasteiger partial charge in [0.1, 0.15) is 11.3 Å². The summed E-state index contributed by atoms with van der Waals surface area (Å²) in [5.74, 6) is 1.41. The number of halogens is 1. The lowest BCUT2D eigenvalue weighted by molar-refractivity contribution is 0.137. The van der Waals surface area contributed by atoms with E-state index in [2.05, 4.69) is 34.7 Å². The minimum atomic E-state index is -3.27. The molecule has 3 aromatic rings. The summed E-state index contributed by atoms with van der Waals surface area (Å²) in [4.78, 5) is 10.2. The molecule has 2 aliphatic heterocycles. The zero-order chi connectivity index (χ0) is 27.0. The van der Waals surface area contributed by atoms with Gasteiger partial charge in [0.15, 0.2) is 15.7 Å². The molecule has 1 unspecified atom stereocenters. The molecule has 0 saturated carbocycles. The number of aromatic nitrogens is 2. The number of imidazole rings is 1. The Labute approximate surface area is 226 Å². The molecule has 2 fully saturated rings. The Morgan fingerprint density at radius 1 is 1.00 bits per heavy atom. The molecule has 5 rings (SSSR count). The largest absolute Gasteiger partial charge is 0.327 e. The van der Waals surface area contributed by atoms with E-state index >= 15 is 4.39 Å². The number of rotatable bonds is 6. The van der Waals surface area contributed by atoms with E-state index in [0.29, 0.717) is 23.3 Å². The average Bonchev–Trinajstić information content (AvgIpc) is 3.05. The van der Waals surface area contributed by atoms with E-state index in [1.165, 1.54) is 45.2 Å². The van der Waals surface area contributed by atoms with Crippen LogP contribution in [-0.4, -0.2) is 72.8 Å². The molecule has 8 heteroatoms. The van der Waals surface area contributed by atoms with E-state index in [1.54, 1.807) is 30.3 Å². The highest BCUT2D eigenvalue weighted by atomic mass is 32.2. The van der Waals surface area contributed by atoms with Crippen LogP contribution in [0, 0.1) is 11.7 Å². The molecule has 2 aromatic carbocycles. The van der Waals surface area contributed by atoms with Crippen LogP contribution in [0.1, 0.15) is 57.4 Å². The SMILES string of the molecule is CC(C)CN1CCCC(N2CCC(c3cc(F)c4nc(-c5ccc(S(C)(=O)=O)cc5)n(C)c4c3)CC2)CC1. The van der Waals surface area contributed by atoms with E-state index < -0.39 is 9.84 Å². The van der Waals surface area contributed by atoms with E-state index in [0.717, 1.165) is 48.5 Å². The van der Waals surface area contributed by atoms with Crippen molar-refractivity contribution in [3.63, 3.8) is 0 Å². The van der Waals surface area contributed by atoms with E-state index in [1.807, 2.05) is 11.6 Å². The number of piperidine rings is 1. The Kier molecular flexibility index (Phi) is 7.94. The van der Waals surface area contributed by atoms with Gasteiger partial charge in [0.25, 0.3) is 0 Å². The number of hydrogen-bond donors (Lipinski definition) is 0. The van der Waals surface area contributed by atoms with Crippen molar-refractivity contribution in [3.05, 3.63) is 47.8 Å². The minimum absolute atomic E-state index is 0.261. The molecular weight excluding hydrogens is 499 g/mol. The molecule has 0 aliphatic carbocycles. The van der Waals surface area contributed by atoms with Gasteiger partial charge in [-0.2, -0.15) is 0 Å². The summed E-state index contributed by atoms with van der Waals surface area (Å²) in [5.41, 5.74) is 2.96. The minimum Gasteiger partial charge on any atom is -0.327 e. The Morgan fingerprint density at radius 3 is 2.37 bits per heavy atom. The third kappa shape index (κ3) is 5.82. The van der Waals surface area contributed by atoms with Crippen molar-refractivity contribution in [2.24, 2.45) is 13.0 Å². The number of likely N-dealkylation sites (tertiary alicyclic amines) is 2. The number of sulfone groups is 1. The molecule has 1 aromatic heterocycles. The van der Waals surface area contributed by atoms with Crippen LogP contribution in [0.5, 0.6) is 0 Å². The van der Waals surface area contributed by atoms with Gasteiger partial charge in [-0.25, -0.2) is 17.8 Å². The van der Waals surface area contributed by atoms with Crippen LogP contribution in [0.25, 0.3) is 22.4 Å². The number of aryl methyl sites for hydroxylation is 1. The van der Waals surface area contributed by atoms with Crippen molar-refractivity contribution >= 4 is 20.9 Å². The molecule has 0 N–H and O–H groups in total. The first-order chi connectivity index (χ1) is 18.1. The van der Waals surface area contributed by atoms with E-state index in [9.17, 15) is 8.42 Å². The fraction of sp³-hybridized carbons (Fsp3) is 0.567. The summed E-state index contributed by atoms with van der Waals surface area (Å²) in [7, 11) is -1.38. The van der Waals surface area contributed by atoms with Gasteiger partial charge in [0.05, 0.1) is 10.4 Å². The van der Waals surface area contributed by atoms with Crippen molar-refractivity contribution in [2.75, 3.05) is 39.0 Å². The molecule has 0 amide bonds. The van der Waals surface area contributed by atoms with E-state index in [-0.39, 0.29) is 10.7 Å². The molecule has 206 valence electrons. The smallest absolute Gasteiger partial charge is 0.175 e. The van der Waals surface area contributed by atoms with Crippen LogP contribution in [0.15, 0.2) is 41.3 Å². The first-order valence-corrected chi connectivity index (χ1v) is 15.9. The monoisotopic (exact) mass is 540 g/mol. The molecular formula is C30H41FN4O2S. The third-order valence-electron chi connectivity index (χ3n) is 8.43. The normalized spacial score (nSPS) is 20.8. The summed E-state index contributed by atoms with van der Waals surface area (Å²) in [6, 6.07) is 11.1. The highest BCUT2D eigenvalue weighted by Crippen LogP contribution is 2.34. The zero-order valence-corrected chi connectivity index (χ0v) is 24.0. The molecule has 38 heavy (non-hydrogen) atoms. The second-order valence-electron chi connectivity index (χ2n) is 11.8. The topological polar surface area (TPSA) is 58.4 Å². The second-order valence-corrected chi connectivity index (χ2v) is 13.8. The van der Waals surface area contributed by atoms with Gasteiger partial charge in [-0.05, 0) is 112 Å². The maximum absolute atomic E-state index is 15.3. The second kappa shape index (κ2) is 11.1. The molecule has 1 atom stereocenters. The first kappa shape index (κ1) is 27.3. The van der Waals surface area contributed by atoms with Crippen LogP contribution >= 0.6 is 0 Å². The highest BCUT2D eigenvalue weighted by molar-refractivity contribution is 7.90. The van der Waals surface area contributed by atoms with Crippen molar-refractivity contribution in [1.82, 2.24) is 19.4 Å². The van der Waals surface area contributed by atoms with Gasteiger partial charge in [-0.1, -0.05) is 13.8 Å². The van der Waals surface area contributed by atoms with E-state index in [4.69, 9.17) is 0 Å². The summed E-state index contributed by atoms with van der Waals surface area (Å²) in [6.07, 6.45) is 7.10. The number of benzene rings is 2. The highest BCUT2D eigenvalue weighted by Gasteiger charge is 2.28. The third-order valence-corrected chi connectivity index (χ3v) is 9.56. The van der Waals surface area contributed by atoms with Gasteiger partial charge in [0, 0.05) is 31.5 Å². The molecule has 0 spiro atoms. The van der Waals surface area contributed by atoms with Crippen molar-refractivity contribution in [2.45, 2.75) is 62.8 Å². The maximum Gasteiger partial charge on any atom is 0.175 e. The van der Waals surface area contributed by atoms with Crippen LogP contribution in [0.3, 0.4) is 0 Å².